The van der Waals surface area contributed by atoms with Crippen molar-refractivity contribution in [3.8, 4) is 0 Å². The van der Waals surface area contributed by atoms with Crippen LogP contribution in [0.2, 0.25) is 0 Å². The number of benzene rings is 1. The zero-order valence-corrected chi connectivity index (χ0v) is 19.5. The van der Waals surface area contributed by atoms with Crippen LogP contribution in [0, 0.1) is 5.82 Å². The van der Waals surface area contributed by atoms with Crippen LogP contribution in [0.15, 0.2) is 48.9 Å². The van der Waals surface area contributed by atoms with Gasteiger partial charge in [0.2, 0.25) is 11.7 Å². The van der Waals surface area contributed by atoms with Crippen LogP contribution in [-0.4, -0.2) is 26.9 Å². The van der Waals surface area contributed by atoms with Crippen molar-refractivity contribution in [2.24, 2.45) is 5.73 Å². The van der Waals surface area contributed by atoms with Crippen LogP contribution >= 0.6 is 0 Å². The van der Waals surface area contributed by atoms with Gasteiger partial charge in [-0.3, -0.25) is 9.78 Å². The van der Waals surface area contributed by atoms with Gasteiger partial charge in [0.15, 0.2) is 11.6 Å². The van der Waals surface area contributed by atoms with Gasteiger partial charge in [0.1, 0.15) is 6.33 Å². The number of pyridine rings is 1. The maximum Gasteiger partial charge on any atom is 0.272 e. The summed E-state index contributed by atoms with van der Waals surface area (Å²) in [5.74, 6) is -3.78. The lowest BCUT2D eigenvalue weighted by Gasteiger charge is -2.30. The van der Waals surface area contributed by atoms with E-state index in [1.165, 1.54) is 12.4 Å². The Morgan fingerprint density at radius 1 is 1.14 bits per heavy atom. The molecule has 1 fully saturated rings. The highest BCUT2D eigenvalue weighted by molar-refractivity contribution is 5.76. The third-order valence-electron chi connectivity index (χ3n) is 5.96. The number of primary amides is 1. The molecule has 2 heterocycles. The van der Waals surface area contributed by atoms with Gasteiger partial charge in [-0.05, 0) is 43.0 Å². The third-order valence-corrected chi connectivity index (χ3v) is 5.96. The number of halogens is 3. The minimum absolute atomic E-state index is 0.0583. The number of hydrogen-bond donors (Lipinski definition) is 2. The van der Waals surface area contributed by atoms with Crippen LogP contribution in [-0.2, 0) is 23.7 Å². The van der Waals surface area contributed by atoms with Gasteiger partial charge < -0.3 is 16.0 Å². The van der Waals surface area contributed by atoms with Gasteiger partial charge in [-0.25, -0.2) is 18.7 Å². The number of hydrogen-bond acceptors (Lipinski definition) is 6. The minimum atomic E-state index is -2.98. The van der Waals surface area contributed by atoms with Crippen molar-refractivity contribution in [1.29, 1.82) is 0 Å². The normalized spacial score (nSPS) is 14.4. The van der Waals surface area contributed by atoms with Crippen molar-refractivity contribution < 1.29 is 18.0 Å². The zero-order chi connectivity index (χ0) is 25.2. The lowest BCUT2D eigenvalue weighted by Crippen LogP contribution is -2.31. The number of amides is 1. The van der Waals surface area contributed by atoms with E-state index in [9.17, 15) is 13.6 Å². The Hall–Kier alpha value is -3.69. The van der Waals surface area contributed by atoms with E-state index >= 15 is 4.39 Å². The molecule has 1 amide bonds. The summed E-state index contributed by atoms with van der Waals surface area (Å²) in [5.41, 5.74) is 7.27. The van der Waals surface area contributed by atoms with Crippen molar-refractivity contribution in [1.82, 2.24) is 15.0 Å². The number of nitrogens with one attached hydrogen (secondary N) is 1. The molecular weight excluding hydrogens is 457 g/mol. The van der Waals surface area contributed by atoms with Crippen molar-refractivity contribution >= 4 is 17.5 Å². The van der Waals surface area contributed by atoms with Crippen LogP contribution in [0.25, 0.3) is 0 Å². The summed E-state index contributed by atoms with van der Waals surface area (Å²) < 4.78 is 42.7. The molecule has 0 radical (unpaired) electrons. The molecule has 1 atom stereocenters. The summed E-state index contributed by atoms with van der Waals surface area (Å²) in [7, 11) is 0. The summed E-state index contributed by atoms with van der Waals surface area (Å²) in [6.45, 7) is 2.99. The van der Waals surface area contributed by atoms with Crippen LogP contribution < -0.4 is 16.0 Å². The number of rotatable bonds is 10. The predicted molar refractivity (Wildman–Crippen MR) is 126 cm³/mol. The Morgan fingerprint density at radius 2 is 1.83 bits per heavy atom. The standard InChI is InChI=1S/C25H27F3N6O/c1-15(20-10-7-18(13-30-20)25(2,27)28)34(19-8-9-19)24-22(26)23(32-14-33-24)31-12-17-5-3-16(4-6-17)11-21(29)35/h3-7,10,13-15,19H,8-9,11-12H2,1-2H3,(H2,29,35)(H,31,32,33). The van der Waals surface area contributed by atoms with Crippen LogP contribution in [0.1, 0.15) is 55.1 Å². The first-order valence-corrected chi connectivity index (χ1v) is 11.4. The van der Waals surface area contributed by atoms with E-state index in [1.54, 1.807) is 18.2 Å². The van der Waals surface area contributed by atoms with Gasteiger partial charge in [-0.1, -0.05) is 24.3 Å². The number of alkyl halides is 2. The summed E-state index contributed by atoms with van der Waals surface area (Å²) >= 11 is 0. The van der Waals surface area contributed by atoms with Gasteiger partial charge in [0, 0.05) is 31.3 Å². The predicted octanol–water partition coefficient (Wildman–Crippen LogP) is 4.49. The highest BCUT2D eigenvalue weighted by Crippen LogP contribution is 2.39. The molecule has 1 saturated carbocycles. The molecule has 7 nitrogen and oxygen atoms in total. The molecular formula is C25H27F3N6O. The number of anilines is 2. The number of nitrogens with two attached hydrogens (primary N) is 1. The minimum Gasteiger partial charge on any atom is -0.369 e. The van der Waals surface area contributed by atoms with Crippen molar-refractivity contribution in [2.75, 3.05) is 10.2 Å². The van der Waals surface area contributed by atoms with Gasteiger partial charge in [0.25, 0.3) is 5.92 Å². The molecule has 184 valence electrons. The fourth-order valence-electron chi connectivity index (χ4n) is 3.91. The van der Waals surface area contributed by atoms with Crippen molar-refractivity contribution in [3.05, 3.63) is 77.1 Å². The van der Waals surface area contributed by atoms with Crippen LogP contribution in [0.5, 0.6) is 0 Å². The lowest BCUT2D eigenvalue weighted by molar-refractivity contribution is -0.117. The second kappa shape index (κ2) is 9.89. The molecule has 2 aromatic heterocycles. The molecule has 3 N–H and O–H groups in total. The Morgan fingerprint density at radius 3 is 2.40 bits per heavy atom. The van der Waals surface area contributed by atoms with Crippen molar-refractivity contribution in [3.63, 3.8) is 0 Å². The molecule has 1 unspecified atom stereocenters. The monoisotopic (exact) mass is 484 g/mol. The third kappa shape index (κ3) is 5.87. The van der Waals surface area contributed by atoms with Gasteiger partial charge >= 0.3 is 0 Å². The molecule has 1 aromatic carbocycles. The fourth-order valence-corrected chi connectivity index (χ4v) is 3.91. The van der Waals surface area contributed by atoms with Gasteiger partial charge in [-0.15, -0.1) is 0 Å². The maximum absolute atomic E-state index is 15.5. The van der Waals surface area contributed by atoms with Gasteiger partial charge in [0.05, 0.1) is 18.2 Å². The summed E-state index contributed by atoms with van der Waals surface area (Å²) in [4.78, 5) is 25.4. The summed E-state index contributed by atoms with van der Waals surface area (Å²) in [6, 6.07) is 9.86. The molecule has 0 bridgehead atoms. The van der Waals surface area contributed by atoms with E-state index in [2.05, 4.69) is 20.3 Å². The molecule has 10 heteroatoms. The van der Waals surface area contributed by atoms with Crippen LogP contribution in [0.3, 0.4) is 0 Å². The molecule has 4 rings (SSSR count). The van der Waals surface area contributed by atoms with E-state index < -0.39 is 17.6 Å². The Balaban J connectivity index is 1.52. The quantitative estimate of drug-likeness (QED) is 0.440. The molecule has 1 aliphatic rings. The molecule has 0 aliphatic heterocycles. The average molecular weight is 485 g/mol. The number of aromatic nitrogens is 3. The Kier molecular flexibility index (Phi) is 6.90. The fraction of sp³-hybridized carbons (Fsp3) is 0.360. The highest BCUT2D eigenvalue weighted by Gasteiger charge is 2.37. The van der Waals surface area contributed by atoms with Crippen LogP contribution in [0.4, 0.5) is 24.8 Å². The highest BCUT2D eigenvalue weighted by atomic mass is 19.3. The number of carbonyl (C=O) groups excluding carboxylic acids is 1. The maximum atomic E-state index is 15.5. The largest absolute Gasteiger partial charge is 0.369 e. The first kappa shape index (κ1) is 24.4. The number of nitrogens with zero attached hydrogens (tertiary/aromatic N) is 4. The molecule has 1 aliphatic carbocycles. The first-order valence-electron chi connectivity index (χ1n) is 11.4. The Labute approximate surface area is 201 Å². The SMILES string of the molecule is CC(c1ccc(C(C)(F)F)cn1)N(c1ncnc(NCc2ccc(CC(N)=O)cc2)c1F)C1CC1. The molecule has 0 spiro atoms. The average Bonchev–Trinajstić information content (AvgIpc) is 3.65. The first-order chi connectivity index (χ1) is 16.6. The smallest absolute Gasteiger partial charge is 0.272 e. The van der Waals surface area contributed by atoms with E-state index in [0.717, 1.165) is 37.1 Å². The van der Waals surface area contributed by atoms with E-state index in [4.69, 9.17) is 5.73 Å². The molecule has 3 aromatic rings. The molecule has 0 saturated heterocycles. The zero-order valence-electron chi connectivity index (χ0n) is 19.5. The van der Waals surface area contributed by atoms with E-state index in [1.807, 2.05) is 24.0 Å². The summed E-state index contributed by atoms with van der Waals surface area (Å²) in [5, 5.41) is 3.00. The lowest BCUT2D eigenvalue weighted by atomic mass is 10.1. The number of carbonyl (C=O) groups is 1. The van der Waals surface area contributed by atoms with E-state index in [0.29, 0.717) is 12.2 Å². The van der Waals surface area contributed by atoms with Crippen molar-refractivity contribution in [2.45, 2.75) is 57.7 Å². The molecule has 35 heavy (non-hydrogen) atoms. The van der Waals surface area contributed by atoms with E-state index in [-0.39, 0.29) is 35.7 Å². The second-order valence-electron chi connectivity index (χ2n) is 8.85. The van der Waals surface area contributed by atoms with Gasteiger partial charge in [-0.2, -0.15) is 4.39 Å². The summed E-state index contributed by atoms with van der Waals surface area (Å²) in [6.07, 6.45) is 4.37. The Bertz CT molecular complexity index is 1180. The topological polar surface area (TPSA) is 97.0 Å². The second-order valence-corrected chi connectivity index (χ2v) is 8.85.